The molecule has 33 heavy (non-hydrogen) atoms. The number of esters is 1. The van der Waals surface area contributed by atoms with E-state index in [-0.39, 0.29) is 28.7 Å². The van der Waals surface area contributed by atoms with Crippen LogP contribution in [0.1, 0.15) is 18.1 Å². The average molecular weight is 606 g/mol. The van der Waals surface area contributed by atoms with E-state index in [1.807, 2.05) is 22.6 Å². The van der Waals surface area contributed by atoms with Crippen LogP contribution in [0.25, 0.3) is 6.08 Å². The maximum atomic E-state index is 14.0. The van der Waals surface area contributed by atoms with Crippen molar-refractivity contribution < 1.29 is 33.0 Å². The zero-order valence-corrected chi connectivity index (χ0v) is 21.3. The molecule has 0 bridgehead atoms. The molecule has 174 valence electrons. The van der Waals surface area contributed by atoms with Crippen molar-refractivity contribution in [2.45, 2.75) is 13.5 Å². The molecule has 0 spiro atoms. The van der Waals surface area contributed by atoms with E-state index in [4.69, 9.17) is 25.8 Å². The summed E-state index contributed by atoms with van der Waals surface area (Å²) in [4.78, 5) is 37.4. The molecule has 0 aromatic heterocycles. The Labute approximate surface area is 212 Å². The number of methoxy groups -OCH3 is 1. The smallest absolute Gasteiger partial charge is 0.326 e. The minimum absolute atomic E-state index is 0.107. The lowest BCUT2D eigenvalue weighted by atomic mass is 10.1. The molecule has 0 N–H and O–H groups in total. The van der Waals surface area contributed by atoms with Crippen LogP contribution in [0.2, 0.25) is 5.02 Å². The summed E-state index contributed by atoms with van der Waals surface area (Å²) in [6, 6.07) is 7.73. The number of imide groups is 1. The van der Waals surface area contributed by atoms with E-state index in [0.29, 0.717) is 20.6 Å². The molecule has 1 heterocycles. The highest BCUT2D eigenvalue weighted by atomic mass is 127. The average Bonchev–Trinajstić information content (AvgIpc) is 3.01. The highest BCUT2D eigenvalue weighted by Crippen LogP contribution is 2.38. The molecule has 1 fully saturated rings. The molecule has 2 aromatic rings. The van der Waals surface area contributed by atoms with Crippen LogP contribution in [-0.2, 0) is 20.9 Å². The zero-order chi connectivity index (χ0) is 24.1. The van der Waals surface area contributed by atoms with E-state index in [1.165, 1.54) is 25.3 Å². The fourth-order valence-electron chi connectivity index (χ4n) is 2.90. The first-order valence-electron chi connectivity index (χ1n) is 9.59. The number of hydrogen-bond acceptors (Lipinski definition) is 7. The summed E-state index contributed by atoms with van der Waals surface area (Å²) in [5, 5.41) is -0.304. The Hall–Kier alpha value is -2.31. The topological polar surface area (TPSA) is 82.1 Å². The molecule has 2 amide bonds. The van der Waals surface area contributed by atoms with Crippen LogP contribution in [0.4, 0.5) is 9.18 Å². The number of amides is 2. The number of thioether (sulfide) groups is 1. The molecule has 1 aliphatic heterocycles. The first kappa shape index (κ1) is 25.3. The van der Waals surface area contributed by atoms with Crippen molar-refractivity contribution >= 4 is 69.1 Å². The third-order valence-electron chi connectivity index (χ3n) is 4.44. The van der Waals surface area contributed by atoms with Gasteiger partial charge in [-0.15, -0.1) is 0 Å². The summed E-state index contributed by atoms with van der Waals surface area (Å²) in [5.41, 5.74) is 0.797. The summed E-state index contributed by atoms with van der Waals surface area (Å²) in [7, 11) is 1.45. The van der Waals surface area contributed by atoms with Crippen LogP contribution in [0.15, 0.2) is 35.2 Å². The molecule has 2 aromatic carbocycles. The van der Waals surface area contributed by atoms with Gasteiger partial charge in [0.25, 0.3) is 11.1 Å². The molecule has 0 atom stereocenters. The van der Waals surface area contributed by atoms with Crippen LogP contribution in [-0.4, -0.2) is 42.3 Å². The molecule has 1 aliphatic rings. The van der Waals surface area contributed by atoms with Crippen molar-refractivity contribution in [3.05, 3.63) is 60.8 Å². The van der Waals surface area contributed by atoms with Crippen LogP contribution in [0, 0.1) is 9.39 Å². The van der Waals surface area contributed by atoms with Crippen molar-refractivity contribution in [2.75, 3.05) is 20.3 Å². The minimum atomic E-state index is -0.659. The number of hydrogen-bond donors (Lipinski definition) is 0. The second-order valence-electron chi connectivity index (χ2n) is 6.60. The lowest BCUT2D eigenvalue weighted by molar-refractivity contribution is -0.145. The highest BCUT2D eigenvalue weighted by molar-refractivity contribution is 14.1. The van der Waals surface area contributed by atoms with Gasteiger partial charge in [0.05, 0.1) is 27.2 Å². The first-order valence-corrected chi connectivity index (χ1v) is 11.9. The zero-order valence-electron chi connectivity index (χ0n) is 17.5. The Morgan fingerprint density at radius 2 is 2.06 bits per heavy atom. The van der Waals surface area contributed by atoms with Crippen LogP contribution < -0.4 is 9.47 Å². The maximum absolute atomic E-state index is 14.0. The van der Waals surface area contributed by atoms with Crippen molar-refractivity contribution in [2.24, 2.45) is 0 Å². The molecular weight excluding hydrogens is 588 g/mol. The van der Waals surface area contributed by atoms with E-state index in [2.05, 4.69) is 0 Å². The van der Waals surface area contributed by atoms with E-state index >= 15 is 0 Å². The summed E-state index contributed by atoms with van der Waals surface area (Å²) in [5.74, 6) is -0.988. The van der Waals surface area contributed by atoms with Crippen molar-refractivity contribution in [3.63, 3.8) is 0 Å². The van der Waals surface area contributed by atoms with Gasteiger partial charge in [0.2, 0.25) is 0 Å². The third-order valence-corrected chi connectivity index (χ3v) is 6.50. The van der Waals surface area contributed by atoms with Crippen LogP contribution >= 0.6 is 46.0 Å². The van der Waals surface area contributed by atoms with E-state index in [0.717, 1.165) is 16.7 Å². The second kappa shape index (κ2) is 11.2. The van der Waals surface area contributed by atoms with Gasteiger partial charge in [-0.2, -0.15) is 0 Å². The molecule has 0 unspecified atom stereocenters. The lowest BCUT2D eigenvalue weighted by Gasteiger charge is -2.15. The van der Waals surface area contributed by atoms with Crippen LogP contribution in [0.5, 0.6) is 11.5 Å². The summed E-state index contributed by atoms with van der Waals surface area (Å²) < 4.78 is 30.7. The third kappa shape index (κ3) is 5.98. The van der Waals surface area contributed by atoms with E-state index in [1.54, 1.807) is 25.1 Å². The predicted octanol–water partition coefficient (Wildman–Crippen LogP) is 5.27. The van der Waals surface area contributed by atoms with Gasteiger partial charge >= 0.3 is 5.97 Å². The number of halogens is 3. The Morgan fingerprint density at radius 1 is 1.30 bits per heavy atom. The second-order valence-corrected chi connectivity index (χ2v) is 9.16. The molecule has 0 aliphatic carbocycles. The SMILES string of the molecule is CCOC(=O)CN1C(=O)S/C(=C\c2cc(I)c(OCc3c(F)cccc3Cl)c(OC)c2)C1=O. The molecule has 11 heteroatoms. The number of carbonyl (C=O) groups excluding carboxylic acids is 3. The van der Waals surface area contributed by atoms with Gasteiger partial charge in [-0.3, -0.25) is 19.3 Å². The van der Waals surface area contributed by atoms with Gasteiger partial charge in [0.1, 0.15) is 19.0 Å². The standard InChI is InChI=1S/C22H18ClFINO6S/c1-3-31-19(27)10-26-21(28)18(33-22(26)29)9-12-7-16(25)20(17(8-12)30-2)32-11-13-14(23)5-4-6-15(13)24/h4-9H,3,10-11H2,1-2H3/b18-9-. The normalized spacial score (nSPS) is 14.7. The summed E-state index contributed by atoms with van der Waals surface area (Å²) in [6.07, 6.45) is 1.53. The maximum Gasteiger partial charge on any atom is 0.326 e. The number of benzene rings is 2. The Kier molecular flexibility index (Phi) is 8.60. The molecule has 0 saturated carbocycles. The van der Waals surface area contributed by atoms with Crippen molar-refractivity contribution in [1.82, 2.24) is 4.90 Å². The Morgan fingerprint density at radius 3 is 2.73 bits per heavy atom. The van der Waals surface area contributed by atoms with Crippen molar-refractivity contribution in [1.29, 1.82) is 0 Å². The number of ether oxygens (including phenoxy) is 3. The molecule has 1 saturated heterocycles. The number of carbonyl (C=O) groups is 3. The monoisotopic (exact) mass is 605 g/mol. The first-order chi connectivity index (χ1) is 15.7. The molecular formula is C22H18ClFINO6S. The summed E-state index contributed by atoms with van der Waals surface area (Å²) >= 11 is 8.82. The highest BCUT2D eigenvalue weighted by Gasteiger charge is 2.36. The number of rotatable bonds is 8. The molecule has 0 radical (unpaired) electrons. The van der Waals surface area contributed by atoms with Crippen molar-refractivity contribution in [3.8, 4) is 11.5 Å². The minimum Gasteiger partial charge on any atom is -0.493 e. The van der Waals surface area contributed by atoms with Gasteiger partial charge in [-0.1, -0.05) is 17.7 Å². The van der Waals surface area contributed by atoms with Gasteiger partial charge in [-0.25, -0.2) is 4.39 Å². The number of nitrogens with zero attached hydrogens (tertiary/aromatic N) is 1. The fourth-order valence-corrected chi connectivity index (χ4v) is 4.74. The molecule has 3 rings (SSSR count). The quantitative estimate of drug-likeness (QED) is 0.230. The Balaban J connectivity index is 1.82. The summed E-state index contributed by atoms with van der Waals surface area (Å²) in [6.45, 7) is 1.24. The lowest BCUT2D eigenvalue weighted by Crippen LogP contribution is -2.34. The van der Waals surface area contributed by atoms with Gasteiger partial charge in [-0.05, 0) is 77.2 Å². The van der Waals surface area contributed by atoms with E-state index in [9.17, 15) is 18.8 Å². The van der Waals surface area contributed by atoms with Gasteiger partial charge in [0, 0.05) is 5.56 Å². The van der Waals surface area contributed by atoms with E-state index < -0.39 is 29.5 Å². The Bertz CT molecular complexity index is 1120. The van der Waals surface area contributed by atoms with Gasteiger partial charge in [0.15, 0.2) is 11.5 Å². The fraction of sp³-hybridized carbons (Fsp3) is 0.227. The predicted molar refractivity (Wildman–Crippen MR) is 131 cm³/mol. The van der Waals surface area contributed by atoms with Gasteiger partial charge < -0.3 is 14.2 Å². The van der Waals surface area contributed by atoms with Crippen LogP contribution in [0.3, 0.4) is 0 Å². The molecule has 7 nitrogen and oxygen atoms in total. The largest absolute Gasteiger partial charge is 0.493 e.